The molecule has 0 aromatic heterocycles. The number of rotatable bonds is 13. The predicted octanol–water partition coefficient (Wildman–Crippen LogP) is 17.6. The van der Waals surface area contributed by atoms with Gasteiger partial charge in [0.05, 0.1) is 13.2 Å². The Bertz CT molecular complexity index is 1880. The molecular weight excluding hydrogens is 843 g/mol. The summed E-state index contributed by atoms with van der Waals surface area (Å²) in [6.45, 7) is 46.8. The number of hydrogen-bond donors (Lipinski definition) is 0. The van der Waals surface area contributed by atoms with Gasteiger partial charge in [0.25, 0.3) is 0 Å². The maximum atomic E-state index is 6.59. The maximum absolute atomic E-state index is 6.59. The summed E-state index contributed by atoms with van der Waals surface area (Å²) in [5, 5.41) is 0. The van der Waals surface area contributed by atoms with Crippen molar-refractivity contribution in [3.63, 3.8) is 0 Å². The van der Waals surface area contributed by atoms with Gasteiger partial charge in [0.15, 0.2) is 0 Å². The van der Waals surface area contributed by atoms with E-state index in [9.17, 15) is 0 Å². The van der Waals surface area contributed by atoms with Crippen LogP contribution in [0.2, 0.25) is 0 Å². The van der Waals surface area contributed by atoms with Crippen LogP contribution in [0, 0.1) is 23.2 Å². The summed E-state index contributed by atoms with van der Waals surface area (Å²) in [7, 11) is -1.27. The molecule has 0 N–H and O–H groups in total. The summed E-state index contributed by atoms with van der Waals surface area (Å²) in [5.41, 5.74) is 11.6. The summed E-state index contributed by atoms with van der Waals surface area (Å²) in [6, 6.07) is 14.1. The molecule has 0 aliphatic carbocycles. The molecule has 8 heteroatoms. The monoisotopic (exact) mass is 935 g/mol. The van der Waals surface area contributed by atoms with Gasteiger partial charge in [-0.3, -0.25) is 4.52 Å². The molecular formula is C57H92O6P2. The molecule has 0 spiro atoms. The Morgan fingerprint density at radius 2 is 0.923 bits per heavy atom. The highest BCUT2D eigenvalue weighted by Gasteiger charge is 2.39. The highest BCUT2D eigenvalue weighted by molar-refractivity contribution is 7.42. The van der Waals surface area contributed by atoms with Gasteiger partial charge in [-0.25, -0.2) is 0 Å². The first kappa shape index (κ1) is 55.4. The maximum Gasteiger partial charge on any atom is 0.462 e. The smallest absolute Gasteiger partial charge is 0.426 e. The molecule has 3 aromatic rings. The van der Waals surface area contributed by atoms with Gasteiger partial charge in [-0.1, -0.05) is 188 Å². The van der Waals surface area contributed by atoms with Gasteiger partial charge in [-0.2, -0.15) is 0 Å². The van der Waals surface area contributed by atoms with E-state index in [1.165, 1.54) is 62.9 Å². The van der Waals surface area contributed by atoms with Gasteiger partial charge in [0, 0.05) is 41.2 Å². The number of hydrogen-bond acceptors (Lipinski definition) is 6. The second kappa shape index (κ2) is 22.5. The Morgan fingerprint density at radius 3 is 1.25 bits per heavy atom. The fourth-order valence-corrected chi connectivity index (χ4v) is 11.1. The van der Waals surface area contributed by atoms with Crippen molar-refractivity contribution in [2.75, 3.05) is 20.3 Å². The Morgan fingerprint density at radius 1 is 0.554 bits per heavy atom. The summed E-state index contributed by atoms with van der Waals surface area (Å²) in [6.07, 6.45) is 8.65. The number of fused-ring (bicyclic) bond motifs is 2. The Hall–Kier alpha value is -2.20. The zero-order valence-corrected chi connectivity index (χ0v) is 46.9. The lowest BCUT2D eigenvalue weighted by Gasteiger charge is -2.39. The molecule has 0 amide bonds. The third-order valence-electron chi connectivity index (χ3n) is 12.6. The van der Waals surface area contributed by atoms with Crippen LogP contribution in [0.15, 0.2) is 36.4 Å². The molecule has 366 valence electrons. The van der Waals surface area contributed by atoms with Crippen molar-refractivity contribution in [2.45, 2.75) is 212 Å². The van der Waals surface area contributed by atoms with E-state index in [0.717, 1.165) is 69.0 Å². The molecule has 6 nitrogen and oxygen atoms in total. The third-order valence-corrected chi connectivity index (χ3v) is 14.5. The van der Waals surface area contributed by atoms with Gasteiger partial charge in [-0.15, -0.1) is 0 Å². The van der Waals surface area contributed by atoms with Crippen molar-refractivity contribution in [1.29, 1.82) is 0 Å². The minimum atomic E-state index is -1.57. The van der Waals surface area contributed by atoms with Crippen LogP contribution in [-0.4, -0.2) is 20.3 Å². The largest absolute Gasteiger partial charge is 0.462 e. The standard InChI is InChI=1S/C30H45O3P.C27H47O3P/c1-19(2)12-21-14-23-18-24-15-22(13-20(3)4)17-26(30(8,9)10)28(24)33-34(31-11)32-27(23)25(16-21)29(5,6)7;1-11-13-14-27(12-2)18-28-31(29-19-27)30-24-22(25(5,6)7)16-21(15-20(3)4)17-23(24)26(8,9)10/h14-17,19-20H,12-13,18H2,1-11H3;16-17,20H,11-15,18-19H2,1-10H3. The number of benzene rings is 3. The van der Waals surface area contributed by atoms with Crippen LogP contribution < -0.4 is 13.6 Å². The van der Waals surface area contributed by atoms with Crippen LogP contribution in [0.5, 0.6) is 17.2 Å². The molecule has 3 aromatic carbocycles. The zero-order valence-electron chi connectivity index (χ0n) is 45.1. The van der Waals surface area contributed by atoms with Gasteiger partial charge < -0.3 is 22.6 Å². The first-order valence-electron chi connectivity index (χ1n) is 24.9. The SMILES string of the molecule is CCCCC1(CC)COP(Oc2c(C(C)(C)C)cc(CC(C)C)cc2C(C)(C)C)OC1.COP1Oc2c(cc(CC(C)C)cc2C(C)(C)C)Cc2cc(CC(C)C)cc(C(C)(C)C)c2O1. The summed E-state index contributed by atoms with van der Waals surface area (Å²) in [5.74, 6) is 4.65. The van der Waals surface area contributed by atoms with E-state index in [2.05, 4.69) is 175 Å². The van der Waals surface area contributed by atoms with Crippen molar-refractivity contribution < 1.29 is 27.1 Å². The molecule has 0 atom stereocenters. The van der Waals surface area contributed by atoms with Crippen LogP contribution in [0.25, 0.3) is 0 Å². The first-order valence-corrected chi connectivity index (χ1v) is 27.1. The summed E-state index contributed by atoms with van der Waals surface area (Å²) >= 11 is 0. The van der Waals surface area contributed by atoms with Crippen molar-refractivity contribution in [1.82, 2.24) is 0 Å². The quantitative estimate of drug-likeness (QED) is 0.159. The lowest BCUT2D eigenvalue weighted by Crippen LogP contribution is -2.35. The lowest BCUT2D eigenvalue weighted by atomic mass is 9.77. The van der Waals surface area contributed by atoms with E-state index in [-0.39, 0.29) is 27.1 Å². The molecule has 2 aliphatic rings. The van der Waals surface area contributed by atoms with Crippen LogP contribution in [-0.2, 0) is 60.9 Å². The Labute approximate surface area is 401 Å². The van der Waals surface area contributed by atoms with E-state index in [0.29, 0.717) is 17.8 Å². The first-order chi connectivity index (χ1) is 30.0. The minimum absolute atomic E-state index is 0.0260. The normalized spacial score (nSPS) is 18.6. The Kier molecular flexibility index (Phi) is 19.2. The van der Waals surface area contributed by atoms with E-state index in [1.54, 1.807) is 7.11 Å². The topological polar surface area (TPSA) is 55.4 Å². The number of unbranched alkanes of at least 4 members (excludes halogenated alkanes) is 1. The van der Waals surface area contributed by atoms with Crippen LogP contribution >= 0.6 is 17.2 Å². The van der Waals surface area contributed by atoms with Gasteiger partial charge in [0.2, 0.25) is 0 Å². The highest BCUT2D eigenvalue weighted by Crippen LogP contribution is 2.54. The fourth-order valence-electron chi connectivity index (χ4n) is 8.88. The molecule has 1 fully saturated rings. The molecule has 0 radical (unpaired) electrons. The predicted molar refractivity (Wildman–Crippen MR) is 279 cm³/mol. The zero-order chi connectivity index (χ0) is 48.9. The molecule has 5 rings (SSSR count). The van der Waals surface area contributed by atoms with Crippen LogP contribution in [0.4, 0.5) is 0 Å². The summed E-state index contributed by atoms with van der Waals surface area (Å²) < 4.78 is 37.9. The second-order valence-electron chi connectivity index (χ2n) is 24.7. The van der Waals surface area contributed by atoms with E-state index < -0.39 is 17.2 Å². The van der Waals surface area contributed by atoms with Gasteiger partial charge in [0.1, 0.15) is 17.2 Å². The van der Waals surface area contributed by atoms with Crippen LogP contribution in [0.3, 0.4) is 0 Å². The third kappa shape index (κ3) is 15.4. The average Bonchev–Trinajstić information content (AvgIpc) is 3.16. The van der Waals surface area contributed by atoms with E-state index in [4.69, 9.17) is 27.1 Å². The Balaban J connectivity index is 0.000000286. The molecule has 2 heterocycles. The molecule has 2 aliphatic heterocycles. The average molecular weight is 935 g/mol. The lowest BCUT2D eigenvalue weighted by molar-refractivity contribution is 0.00783. The second-order valence-corrected chi connectivity index (χ2v) is 27.0. The van der Waals surface area contributed by atoms with Gasteiger partial charge in [-0.05, 0) is 99.3 Å². The van der Waals surface area contributed by atoms with Crippen molar-refractivity contribution >= 4 is 17.2 Å². The van der Waals surface area contributed by atoms with Crippen molar-refractivity contribution in [3.8, 4) is 17.2 Å². The molecule has 0 saturated carbocycles. The molecule has 0 unspecified atom stereocenters. The minimum Gasteiger partial charge on any atom is -0.426 e. The van der Waals surface area contributed by atoms with E-state index >= 15 is 0 Å². The van der Waals surface area contributed by atoms with Crippen LogP contribution in [0.1, 0.15) is 214 Å². The van der Waals surface area contributed by atoms with E-state index in [1.807, 2.05) is 0 Å². The highest BCUT2D eigenvalue weighted by atomic mass is 31.2. The fraction of sp³-hybridized carbons (Fsp3) is 0.684. The van der Waals surface area contributed by atoms with Gasteiger partial charge >= 0.3 is 17.2 Å². The summed E-state index contributed by atoms with van der Waals surface area (Å²) in [4.78, 5) is 0. The van der Waals surface area contributed by atoms with Crippen molar-refractivity contribution in [3.05, 3.63) is 86.5 Å². The molecule has 65 heavy (non-hydrogen) atoms. The molecule has 0 bridgehead atoms. The van der Waals surface area contributed by atoms with Crippen molar-refractivity contribution in [2.24, 2.45) is 23.2 Å². The molecule has 1 saturated heterocycles.